The van der Waals surface area contributed by atoms with Crippen LogP contribution in [0, 0.1) is 20.8 Å². The highest BCUT2D eigenvalue weighted by molar-refractivity contribution is 7.00. The van der Waals surface area contributed by atoms with Gasteiger partial charge in [0.25, 0.3) is 6.71 Å². The number of para-hydroxylation sites is 3. The molecular formula is C59H53BN4. The van der Waals surface area contributed by atoms with Gasteiger partial charge in [0.1, 0.15) is 0 Å². The highest BCUT2D eigenvalue weighted by atomic mass is 15.2. The largest absolute Gasteiger partial charge is 0.313 e. The summed E-state index contributed by atoms with van der Waals surface area (Å²) in [5, 5.41) is 2.79. The van der Waals surface area contributed by atoms with Crippen LogP contribution >= 0.6 is 0 Å². The van der Waals surface area contributed by atoms with Crippen molar-refractivity contribution in [1.82, 2.24) is 9.13 Å². The zero-order valence-corrected chi connectivity index (χ0v) is 37.9. The molecule has 2 aromatic heterocycles. The Morgan fingerprint density at radius 2 is 1.05 bits per heavy atom. The van der Waals surface area contributed by atoms with Crippen molar-refractivity contribution < 1.29 is 0 Å². The molecule has 0 N–H and O–H groups in total. The maximum Gasteiger partial charge on any atom is 0.252 e. The number of aryl methyl sites for hydroxylation is 5. The predicted molar refractivity (Wildman–Crippen MR) is 271 cm³/mol. The molecular weight excluding hydrogens is 775 g/mol. The molecule has 0 fully saturated rings. The molecule has 2 aliphatic heterocycles. The van der Waals surface area contributed by atoms with Gasteiger partial charge in [-0.2, -0.15) is 0 Å². The van der Waals surface area contributed by atoms with E-state index in [0.29, 0.717) is 0 Å². The maximum absolute atomic E-state index is 2.69. The predicted octanol–water partition coefficient (Wildman–Crippen LogP) is 12.9. The van der Waals surface area contributed by atoms with Gasteiger partial charge in [-0.3, -0.25) is 0 Å². The van der Waals surface area contributed by atoms with Crippen molar-refractivity contribution in [1.29, 1.82) is 0 Å². The average molecular weight is 829 g/mol. The molecule has 4 heterocycles. The van der Waals surface area contributed by atoms with Crippen molar-refractivity contribution in [2.24, 2.45) is 0 Å². The normalized spacial score (nSPS) is 14.9. The Hall–Kier alpha value is -6.72. The summed E-state index contributed by atoms with van der Waals surface area (Å²) in [5.41, 5.74) is 27.9. The standard InChI is InChI=1S/C59H53BN4/c1-36-32-37(2)57(38(3)33-36)64-52-23-12-9-20-46(52)60-47-34-41(61-48-21-10-7-16-42(48)44-18-13-24-49(44)61)35-55(63-50-22-11-8-17-43(50)45-19-14-25-51(45)63)58(47)62(53-26-15-27-54(64)56(53)60)40-30-28-39(29-31-40)59(4,5)6/h7-12,15-17,20-23,26-35H,13-14,18-19,24-25H2,1-6H3. The molecule has 0 atom stereocenters. The minimum atomic E-state index is -0.00624. The first-order valence-electron chi connectivity index (χ1n) is 23.6. The van der Waals surface area contributed by atoms with Gasteiger partial charge in [0.2, 0.25) is 0 Å². The number of hydrogen-bond acceptors (Lipinski definition) is 2. The molecule has 64 heavy (non-hydrogen) atoms. The van der Waals surface area contributed by atoms with E-state index in [4.69, 9.17) is 0 Å². The van der Waals surface area contributed by atoms with Crippen molar-refractivity contribution in [3.8, 4) is 11.4 Å². The van der Waals surface area contributed by atoms with Gasteiger partial charge in [-0.05, 0) is 164 Å². The van der Waals surface area contributed by atoms with Gasteiger partial charge >= 0.3 is 0 Å². The number of nitrogens with zero attached hydrogens (tertiary/aromatic N) is 4. The topological polar surface area (TPSA) is 16.3 Å². The van der Waals surface area contributed by atoms with Crippen molar-refractivity contribution in [3.05, 3.63) is 184 Å². The molecule has 2 aliphatic carbocycles. The lowest BCUT2D eigenvalue weighted by Gasteiger charge is -2.45. The van der Waals surface area contributed by atoms with E-state index >= 15 is 0 Å². The van der Waals surface area contributed by atoms with Crippen LogP contribution in [-0.2, 0) is 31.1 Å². The van der Waals surface area contributed by atoms with Gasteiger partial charge in [-0.1, -0.05) is 111 Å². The molecule has 0 amide bonds. The van der Waals surface area contributed by atoms with Crippen LogP contribution in [0.5, 0.6) is 0 Å². The summed E-state index contributed by atoms with van der Waals surface area (Å²) >= 11 is 0. The van der Waals surface area contributed by atoms with Gasteiger partial charge < -0.3 is 18.9 Å². The summed E-state index contributed by atoms with van der Waals surface area (Å²) in [5.74, 6) is 0. The fourth-order valence-corrected chi connectivity index (χ4v) is 12.7. The Kier molecular flexibility index (Phi) is 8.06. The van der Waals surface area contributed by atoms with Crippen LogP contribution in [0.15, 0.2) is 140 Å². The zero-order chi connectivity index (χ0) is 43.2. The third kappa shape index (κ3) is 5.24. The van der Waals surface area contributed by atoms with Crippen LogP contribution in [0.1, 0.15) is 78.4 Å². The summed E-state index contributed by atoms with van der Waals surface area (Å²) in [6, 6.07) is 54.1. The molecule has 4 aliphatic rings. The molecule has 0 saturated carbocycles. The van der Waals surface area contributed by atoms with Gasteiger partial charge in [0.05, 0.1) is 28.1 Å². The van der Waals surface area contributed by atoms with Gasteiger partial charge in [0.15, 0.2) is 0 Å². The molecule has 13 rings (SSSR count). The van der Waals surface area contributed by atoms with Gasteiger partial charge in [0, 0.05) is 50.6 Å². The van der Waals surface area contributed by atoms with E-state index in [2.05, 4.69) is 200 Å². The lowest BCUT2D eigenvalue weighted by atomic mass is 9.33. The third-order valence-electron chi connectivity index (χ3n) is 15.2. The first-order valence-corrected chi connectivity index (χ1v) is 23.6. The smallest absolute Gasteiger partial charge is 0.252 e. The van der Waals surface area contributed by atoms with E-state index in [1.807, 2.05) is 0 Å². The van der Waals surface area contributed by atoms with Crippen molar-refractivity contribution in [3.63, 3.8) is 0 Å². The second kappa shape index (κ2) is 13.6. The quantitative estimate of drug-likeness (QED) is 0.164. The summed E-state index contributed by atoms with van der Waals surface area (Å²) in [6.45, 7) is 13.7. The molecule has 0 bridgehead atoms. The van der Waals surface area contributed by atoms with E-state index in [1.165, 1.54) is 141 Å². The Balaban J connectivity index is 1.19. The van der Waals surface area contributed by atoms with E-state index in [-0.39, 0.29) is 12.1 Å². The van der Waals surface area contributed by atoms with Crippen LogP contribution < -0.4 is 26.2 Å². The van der Waals surface area contributed by atoms with Gasteiger partial charge in [-0.25, -0.2) is 0 Å². The Bertz CT molecular complexity index is 3410. The van der Waals surface area contributed by atoms with Crippen LogP contribution in [0.25, 0.3) is 33.2 Å². The SMILES string of the molecule is Cc1cc(C)c(N2c3ccccc3B3c4cc(-n5c6c(c7ccccc75)CCC6)cc(-n5c6c(c7ccccc75)CCC6)c4N(c4ccc(C(C)(C)C)cc4)c4cccc2c43)c(C)c1. The van der Waals surface area contributed by atoms with Crippen LogP contribution in [0.4, 0.5) is 34.1 Å². The number of fused-ring (bicyclic) bond motifs is 10. The molecule has 7 aromatic carbocycles. The third-order valence-corrected chi connectivity index (χ3v) is 15.2. The molecule has 4 nitrogen and oxygen atoms in total. The molecule has 5 heteroatoms. The Labute approximate surface area is 377 Å². The van der Waals surface area contributed by atoms with Crippen LogP contribution in [0.3, 0.4) is 0 Å². The second-order valence-electron chi connectivity index (χ2n) is 20.1. The van der Waals surface area contributed by atoms with E-state index < -0.39 is 0 Å². The number of hydrogen-bond donors (Lipinski definition) is 0. The molecule has 0 spiro atoms. The number of anilines is 6. The molecule has 0 radical (unpaired) electrons. The van der Waals surface area contributed by atoms with Crippen molar-refractivity contribution >= 4 is 79.0 Å². The van der Waals surface area contributed by atoms with Crippen molar-refractivity contribution in [2.75, 3.05) is 9.80 Å². The van der Waals surface area contributed by atoms with Crippen molar-refractivity contribution in [2.45, 2.75) is 85.5 Å². The van der Waals surface area contributed by atoms with Crippen LogP contribution in [0.2, 0.25) is 0 Å². The summed E-state index contributed by atoms with van der Waals surface area (Å²) in [4.78, 5) is 5.23. The lowest BCUT2D eigenvalue weighted by molar-refractivity contribution is 0.590. The molecule has 312 valence electrons. The molecule has 0 unspecified atom stereocenters. The average Bonchev–Trinajstić information content (AvgIpc) is 4.09. The van der Waals surface area contributed by atoms with E-state index in [1.54, 1.807) is 0 Å². The molecule has 9 aromatic rings. The number of benzene rings is 7. The van der Waals surface area contributed by atoms with E-state index in [0.717, 1.165) is 25.7 Å². The van der Waals surface area contributed by atoms with E-state index in [9.17, 15) is 0 Å². The fraction of sp³-hybridized carbons (Fsp3) is 0.220. The molecule has 0 saturated heterocycles. The monoisotopic (exact) mass is 828 g/mol. The Morgan fingerprint density at radius 1 is 0.469 bits per heavy atom. The zero-order valence-electron chi connectivity index (χ0n) is 37.9. The summed E-state index contributed by atoms with van der Waals surface area (Å²) < 4.78 is 5.34. The summed E-state index contributed by atoms with van der Waals surface area (Å²) in [6.07, 6.45) is 6.79. The highest BCUT2D eigenvalue weighted by Gasteiger charge is 2.45. The number of rotatable bonds is 4. The van der Waals surface area contributed by atoms with Gasteiger partial charge in [-0.15, -0.1) is 0 Å². The van der Waals surface area contributed by atoms with Crippen LogP contribution in [-0.4, -0.2) is 15.8 Å². The highest BCUT2D eigenvalue weighted by Crippen LogP contribution is 2.49. The second-order valence-corrected chi connectivity index (χ2v) is 20.1. The summed E-state index contributed by atoms with van der Waals surface area (Å²) in [7, 11) is 0. The first-order chi connectivity index (χ1) is 31.2. The number of aromatic nitrogens is 2. The minimum Gasteiger partial charge on any atom is -0.313 e. The fourth-order valence-electron chi connectivity index (χ4n) is 12.7. The minimum absolute atomic E-state index is 0.00624. The maximum atomic E-state index is 2.69. The first kappa shape index (κ1) is 37.8. The Morgan fingerprint density at radius 3 is 1.72 bits per heavy atom. The lowest BCUT2D eigenvalue weighted by Crippen LogP contribution is -2.61.